The van der Waals surface area contributed by atoms with Gasteiger partial charge >= 0.3 is 0 Å². The van der Waals surface area contributed by atoms with E-state index in [-0.39, 0.29) is 24.1 Å². The van der Waals surface area contributed by atoms with Gasteiger partial charge in [0.1, 0.15) is 0 Å². The van der Waals surface area contributed by atoms with E-state index in [1.807, 2.05) is 24.3 Å². The maximum atomic E-state index is 12.0. The lowest BCUT2D eigenvalue weighted by atomic mass is 10.3. The standard InChI is InChI=1S/C16H15N5O2/c22-15(18-10-12-4-3-6-17-9-12)11-19-16(23)14-8-13-5-1-2-7-21(13)20-14/h1-9H,10-11H2,(H,18,22)(H,19,23). The van der Waals surface area contributed by atoms with Crippen LogP contribution in [0.1, 0.15) is 16.1 Å². The van der Waals surface area contributed by atoms with Crippen LogP contribution >= 0.6 is 0 Å². The minimum absolute atomic E-state index is 0.104. The summed E-state index contributed by atoms with van der Waals surface area (Å²) in [4.78, 5) is 27.7. The second-order valence-corrected chi connectivity index (χ2v) is 4.92. The Morgan fingerprint density at radius 1 is 1.13 bits per heavy atom. The maximum Gasteiger partial charge on any atom is 0.272 e. The van der Waals surface area contributed by atoms with Crippen LogP contribution in [0.2, 0.25) is 0 Å². The van der Waals surface area contributed by atoms with Gasteiger partial charge in [0.05, 0.1) is 12.1 Å². The summed E-state index contributed by atoms with van der Waals surface area (Å²) in [5.41, 5.74) is 1.99. The molecule has 7 nitrogen and oxygen atoms in total. The smallest absolute Gasteiger partial charge is 0.272 e. The summed E-state index contributed by atoms with van der Waals surface area (Å²) < 4.78 is 1.61. The number of aromatic nitrogens is 3. The van der Waals surface area contributed by atoms with E-state index in [2.05, 4.69) is 20.7 Å². The van der Waals surface area contributed by atoms with Crippen molar-refractivity contribution in [1.82, 2.24) is 25.2 Å². The monoisotopic (exact) mass is 309 g/mol. The minimum atomic E-state index is -0.384. The number of nitrogens with zero attached hydrogens (tertiary/aromatic N) is 3. The molecular weight excluding hydrogens is 294 g/mol. The Bertz CT molecular complexity index is 796. The number of fused-ring (bicyclic) bond motifs is 1. The van der Waals surface area contributed by atoms with E-state index in [0.717, 1.165) is 11.1 Å². The van der Waals surface area contributed by atoms with Gasteiger partial charge in [0.25, 0.3) is 5.91 Å². The van der Waals surface area contributed by atoms with Crippen LogP contribution in [0.4, 0.5) is 0 Å². The predicted molar refractivity (Wildman–Crippen MR) is 83.6 cm³/mol. The molecule has 0 aliphatic heterocycles. The normalized spacial score (nSPS) is 10.4. The molecular formula is C16H15N5O2. The van der Waals surface area contributed by atoms with Gasteiger partial charge in [-0.2, -0.15) is 5.10 Å². The van der Waals surface area contributed by atoms with Gasteiger partial charge < -0.3 is 10.6 Å². The molecule has 0 atom stereocenters. The van der Waals surface area contributed by atoms with E-state index in [1.165, 1.54) is 0 Å². The third-order valence-electron chi connectivity index (χ3n) is 3.22. The number of pyridine rings is 2. The van der Waals surface area contributed by atoms with Crippen molar-refractivity contribution >= 4 is 17.3 Å². The number of carbonyl (C=O) groups excluding carboxylic acids is 2. The molecule has 3 heterocycles. The number of hydrogen-bond donors (Lipinski definition) is 2. The van der Waals surface area contributed by atoms with E-state index in [1.54, 1.807) is 35.2 Å². The van der Waals surface area contributed by atoms with Crippen LogP contribution in [0.5, 0.6) is 0 Å². The highest BCUT2D eigenvalue weighted by Gasteiger charge is 2.11. The molecule has 0 unspecified atom stereocenters. The Kier molecular flexibility index (Phi) is 4.28. The van der Waals surface area contributed by atoms with Crippen molar-refractivity contribution in [2.24, 2.45) is 0 Å². The Balaban J connectivity index is 1.51. The van der Waals surface area contributed by atoms with Crippen molar-refractivity contribution in [2.45, 2.75) is 6.54 Å². The van der Waals surface area contributed by atoms with Gasteiger partial charge in [0.2, 0.25) is 5.91 Å². The first-order valence-electron chi connectivity index (χ1n) is 7.10. The summed E-state index contributed by atoms with van der Waals surface area (Å²) >= 11 is 0. The zero-order valence-corrected chi connectivity index (χ0v) is 12.3. The van der Waals surface area contributed by atoms with Gasteiger partial charge in [-0.05, 0) is 29.8 Å². The molecule has 7 heteroatoms. The lowest BCUT2D eigenvalue weighted by Gasteiger charge is -2.05. The summed E-state index contributed by atoms with van der Waals surface area (Å²) in [5, 5.41) is 9.42. The van der Waals surface area contributed by atoms with Crippen molar-refractivity contribution in [3.63, 3.8) is 0 Å². The molecule has 3 aromatic rings. The highest BCUT2D eigenvalue weighted by Crippen LogP contribution is 2.05. The summed E-state index contributed by atoms with van der Waals surface area (Å²) in [6.45, 7) is 0.268. The van der Waals surface area contributed by atoms with E-state index in [4.69, 9.17) is 0 Å². The molecule has 23 heavy (non-hydrogen) atoms. The third-order valence-corrected chi connectivity index (χ3v) is 3.22. The molecule has 3 rings (SSSR count). The highest BCUT2D eigenvalue weighted by molar-refractivity contribution is 5.95. The first kappa shape index (κ1) is 14.7. The van der Waals surface area contributed by atoms with Crippen LogP contribution < -0.4 is 10.6 Å². The van der Waals surface area contributed by atoms with E-state index < -0.39 is 0 Å². The molecule has 0 spiro atoms. The molecule has 0 fully saturated rings. The van der Waals surface area contributed by atoms with Gasteiger partial charge in [-0.1, -0.05) is 12.1 Å². The zero-order chi connectivity index (χ0) is 16.1. The lowest BCUT2D eigenvalue weighted by Crippen LogP contribution is -2.36. The average Bonchev–Trinajstić information content (AvgIpc) is 3.03. The van der Waals surface area contributed by atoms with Crippen molar-refractivity contribution in [3.05, 3.63) is 66.2 Å². The van der Waals surface area contributed by atoms with Crippen molar-refractivity contribution in [3.8, 4) is 0 Å². The van der Waals surface area contributed by atoms with Crippen molar-refractivity contribution < 1.29 is 9.59 Å². The van der Waals surface area contributed by atoms with E-state index in [0.29, 0.717) is 6.54 Å². The minimum Gasteiger partial charge on any atom is -0.350 e. The first-order valence-corrected chi connectivity index (χ1v) is 7.10. The van der Waals surface area contributed by atoms with Crippen LogP contribution in [0.15, 0.2) is 55.0 Å². The zero-order valence-electron chi connectivity index (χ0n) is 12.3. The van der Waals surface area contributed by atoms with Gasteiger partial charge in [-0.15, -0.1) is 0 Å². The second-order valence-electron chi connectivity index (χ2n) is 4.92. The molecule has 0 aliphatic carbocycles. The van der Waals surface area contributed by atoms with Crippen molar-refractivity contribution in [2.75, 3.05) is 6.54 Å². The molecule has 0 saturated heterocycles. The SMILES string of the molecule is O=C(CNC(=O)c1cc2ccccn2n1)NCc1cccnc1. The van der Waals surface area contributed by atoms with Crippen LogP contribution in [0, 0.1) is 0 Å². The van der Waals surface area contributed by atoms with Crippen LogP contribution in [-0.4, -0.2) is 33.0 Å². The molecule has 116 valence electrons. The van der Waals surface area contributed by atoms with Crippen LogP contribution in [0.25, 0.3) is 5.52 Å². The van der Waals surface area contributed by atoms with E-state index in [9.17, 15) is 9.59 Å². The second kappa shape index (κ2) is 6.69. The average molecular weight is 309 g/mol. The fourth-order valence-electron chi connectivity index (χ4n) is 2.07. The molecule has 2 amide bonds. The Hall–Kier alpha value is -3.22. The fourth-order valence-corrected chi connectivity index (χ4v) is 2.07. The highest BCUT2D eigenvalue weighted by atomic mass is 16.2. The Morgan fingerprint density at radius 2 is 2.04 bits per heavy atom. The maximum absolute atomic E-state index is 12.0. The molecule has 3 aromatic heterocycles. The lowest BCUT2D eigenvalue weighted by molar-refractivity contribution is -0.120. The van der Waals surface area contributed by atoms with Gasteiger partial charge in [-0.25, -0.2) is 4.52 Å². The predicted octanol–water partition coefficient (Wildman–Crippen LogP) is 0.775. The molecule has 2 N–H and O–H groups in total. The quantitative estimate of drug-likeness (QED) is 0.729. The first-order chi connectivity index (χ1) is 11.2. The number of amides is 2. The summed E-state index contributed by atoms with van der Waals surface area (Å²) in [7, 11) is 0. The van der Waals surface area contributed by atoms with Gasteiger partial charge in [0, 0.05) is 25.1 Å². The molecule has 0 radical (unpaired) electrons. The molecule has 0 aliphatic rings. The number of rotatable bonds is 5. The number of hydrogen-bond acceptors (Lipinski definition) is 4. The summed E-state index contributed by atoms with van der Waals surface area (Å²) in [5.74, 6) is -0.656. The van der Waals surface area contributed by atoms with Crippen molar-refractivity contribution in [1.29, 1.82) is 0 Å². The van der Waals surface area contributed by atoms with Gasteiger partial charge in [-0.3, -0.25) is 14.6 Å². The Labute approximate surface area is 132 Å². The Morgan fingerprint density at radius 3 is 2.83 bits per heavy atom. The topological polar surface area (TPSA) is 88.4 Å². The number of carbonyl (C=O) groups is 2. The summed E-state index contributed by atoms with van der Waals surface area (Å²) in [6.07, 6.45) is 5.10. The molecule has 0 saturated carbocycles. The van der Waals surface area contributed by atoms with Crippen LogP contribution in [-0.2, 0) is 11.3 Å². The third kappa shape index (κ3) is 3.70. The van der Waals surface area contributed by atoms with E-state index >= 15 is 0 Å². The number of nitrogens with one attached hydrogen (secondary N) is 2. The van der Waals surface area contributed by atoms with Crippen LogP contribution in [0.3, 0.4) is 0 Å². The fraction of sp³-hybridized carbons (Fsp3) is 0.125. The molecule has 0 bridgehead atoms. The van der Waals surface area contributed by atoms with Gasteiger partial charge in [0.15, 0.2) is 5.69 Å². The summed E-state index contributed by atoms with van der Waals surface area (Å²) in [6, 6.07) is 10.9. The molecule has 0 aromatic carbocycles. The largest absolute Gasteiger partial charge is 0.350 e.